The van der Waals surface area contributed by atoms with Crippen LogP contribution in [0, 0.1) is 5.82 Å². The zero-order valence-electron chi connectivity index (χ0n) is 13.9. The molecule has 0 unspecified atom stereocenters. The summed E-state index contributed by atoms with van der Waals surface area (Å²) in [6, 6.07) is 11.1. The summed E-state index contributed by atoms with van der Waals surface area (Å²) >= 11 is 0. The van der Waals surface area contributed by atoms with Gasteiger partial charge in [0.2, 0.25) is 5.91 Å². The molecular formula is C19H16FN3O3. The van der Waals surface area contributed by atoms with Gasteiger partial charge in [-0.3, -0.25) is 4.79 Å². The van der Waals surface area contributed by atoms with Crippen molar-refractivity contribution in [3.05, 3.63) is 65.9 Å². The number of hydrogen-bond acceptors (Lipinski definition) is 4. The number of hydrogen-bond donors (Lipinski definition) is 2. The van der Waals surface area contributed by atoms with Gasteiger partial charge < -0.3 is 19.7 Å². The second-order valence-corrected chi connectivity index (χ2v) is 6.06. The molecule has 1 aliphatic heterocycles. The molecule has 6 nitrogen and oxygen atoms in total. The number of anilines is 1. The lowest BCUT2D eigenvalue weighted by Crippen LogP contribution is -2.25. The Morgan fingerprint density at radius 2 is 2.04 bits per heavy atom. The number of fused-ring (bicyclic) bond motifs is 1. The summed E-state index contributed by atoms with van der Waals surface area (Å²) in [6.45, 7) is 0. The second kappa shape index (κ2) is 6.18. The summed E-state index contributed by atoms with van der Waals surface area (Å²) < 4.78 is 20.3. The third kappa shape index (κ3) is 2.67. The number of imidazole rings is 1. The summed E-state index contributed by atoms with van der Waals surface area (Å²) in [6.07, 6.45) is 1.84. The first-order valence-electron chi connectivity index (χ1n) is 8.06. The number of carbonyl (C=O) groups is 1. The third-order valence-corrected chi connectivity index (χ3v) is 4.49. The number of amides is 1. The van der Waals surface area contributed by atoms with Crippen molar-refractivity contribution in [3.63, 3.8) is 0 Å². The Bertz CT molecular complexity index is 982. The molecule has 4 rings (SSSR count). The highest BCUT2D eigenvalue weighted by molar-refractivity contribution is 5.94. The first-order valence-corrected chi connectivity index (χ1v) is 8.06. The minimum Gasteiger partial charge on any atom is -0.504 e. The second-order valence-electron chi connectivity index (χ2n) is 6.06. The number of nitrogens with zero attached hydrogens (tertiary/aromatic N) is 2. The average Bonchev–Trinajstić information content (AvgIpc) is 3.06. The highest BCUT2D eigenvalue weighted by Gasteiger charge is 2.31. The van der Waals surface area contributed by atoms with Crippen LogP contribution >= 0.6 is 0 Å². The van der Waals surface area contributed by atoms with Crippen LogP contribution in [0.1, 0.15) is 23.6 Å². The number of rotatable bonds is 3. The fourth-order valence-corrected chi connectivity index (χ4v) is 3.25. The van der Waals surface area contributed by atoms with Crippen LogP contribution < -0.4 is 10.1 Å². The number of benzene rings is 2. The topological polar surface area (TPSA) is 76.4 Å². The molecule has 2 heterocycles. The van der Waals surface area contributed by atoms with Crippen molar-refractivity contribution in [2.45, 2.75) is 12.3 Å². The third-order valence-electron chi connectivity index (χ3n) is 4.49. The largest absolute Gasteiger partial charge is 0.504 e. The van der Waals surface area contributed by atoms with Crippen LogP contribution in [0.5, 0.6) is 11.5 Å². The summed E-state index contributed by atoms with van der Waals surface area (Å²) in [7, 11) is 1.47. The van der Waals surface area contributed by atoms with Gasteiger partial charge in [-0.2, -0.15) is 0 Å². The minimum atomic E-state index is -0.323. The van der Waals surface area contributed by atoms with E-state index in [4.69, 9.17) is 4.74 Å². The van der Waals surface area contributed by atoms with Gasteiger partial charge in [-0.25, -0.2) is 9.37 Å². The predicted octanol–water partition coefficient (Wildman–Crippen LogP) is 3.20. The van der Waals surface area contributed by atoms with E-state index in [2.05, 4.69) is 10.3 Å². The molecule has 3 aromatic rings. The molecule has 1 aliphatic rings. The van der Waals surface area contributed by atoms with Gasteiger partial charge >= 0.3 is 0 Å². The van der Waals surface area contributed by atoms with Crippen LogP contribution in [0.15, 0.2) is 48.8 Å². The Morgan fingerprint density at radius 3 is 2.77 bits per heavy atom. The van der Waals surface area contributed by atoms with Gasteiger partial charge in [0.1, 0.15) is 12.1 Å². The number of nitrogens with one attached hydrogen (secondary N) is 1. The van der Waals surface area contributed by atoms with Crippen LogP contribution in [0.25, 0.3) is 5.69 Å². The monoisotopic (exact) mass is 353 g/mol. The Hall–Kier alpha value is -3.35. The average molecular weight is 353 g/mol. The van der Waals surface area contributed by atoms with Crippen LogP contribution in [-0.2, 0) is 4.79 Å². The van der Waals surface area contributed by atoms with Gasteiger partial charge in [0, 0.05) is 18.0 Å². The molecule has 1 aromatic heterocycles. The number of halogens is 1. The van der Waals surface area contributed by atoms with Gasteiger partial charge in [-0.05, 0) is 42.0 Å². The molecule has 0 saturated carbocycles. The first kappa shape index (κ1) is 16.1. The lowest BCUT2D eigenvalue weighted by molar-refractivity contribution is -0.116. The van der Waals surface area contributed by atoms with E-state index in [9.17, 15) is 14.3 Å². The number of aromatic nitrogens is 2. The fourth-order valence-electron chi connectivity index (χ4n) is 3.25. The molecule has 0 spiro atoms. The summed E-state index contributed by atoms with van der Waals surface area (Å²) in [5, 5.41) is 12.6. The molecule has 26 heavy (non-hydrogen) atoms. The number of methoxy groups -OCH3 is 1. The lowest BCUT2D eigenvalue weighted by atomic mass is 9.89. The van der Waals surface area contributed by atoms with E-state index in [0.29, 0.717) is 11.6 Å². The zero-order chi connectivity index (χ0) is 18.3. The van der Waals surface area contributed by atoms with Crippen molar-refractivity contribution in [1.29, 1.82) is 0 Å². The van der Waals surface area contributed by atoms with Crippen molar-refractivity contribution in [3.8, 4) is 17.2 Å². The van der Waals surface area contributed by atoms with Crippen molar-refractivity contribution in [1.82, 2.24) is 9.55 Å². The van der Waals surface area contributed by atoms with E-state index < -0.39 is 0 Å². The normalized spacial score (nSPS) is 16.1. The molecule has 0 saturated heterocycles. The Morgan fingerprint density at radius 1 is 1.27 bits per heavy atom. The van der Waals surface area contributed by atoms with Gasteiger partial charge in [0.05, 0.1) is 12.8 Å². The van der Waals surface area contributed by atoms with Gasteiger partial charge in [-0.15, -0.1) is 0 Å². The molecular weight excluding hydrogens is 337 g/mol. The molecule has 0 aliphatic carbocycles. The fraction of sp³-hybridized carbons (Fsp3) is 0.158. The van der Waals surface area contributed by atoms with Gasteiger partial charge in [0.15, 0.2) is 17.3 Å². The Balaban J connectivity index is 1.85. The molecule has 0 fully saturated rings. The van der Waals surface area contributed by atoms with Crippen molar-refractivity contribution >= 4 is 11.7 Å². The number of phenolic OH excluding ortho intramolecular Hbond substituents is 1. The van der Waals surface area contributed by atoms with Gasteiger partial charge in [0.25, 0.3) is 0 Å². The van der Waals surface area contributed by atoms with E-state index in [1.165, 1.54) is 19.2 Å². The van der Waals surface area contributed by atoms with Crippen LogP contribution in [0.2, 0.25) is 0 Å². The zero-order valence-corrected chi connectivity index (χ0v) is 13.9. The van der Waals surface area contributed by atoms with Crippen molar-refractivity contribution in [2.75, 3.05) is 12.4 Å². The maximum atomic E-state index is 13.3. The quantitative estimate of drug-likeness (QED) is 0.758. The number of ether oxygens (including phenoxy) is 1. The maximum Gasteiger partial charge on any atom is 0.226 e. The molecule has 2 aromatic carbocycles. The number of phenols is 1. The molecule has 7 heteroatoms. The molecule has 1 amide bonds. The SMILES string of the molecule is COc1cc([C@@H]2CC(=O)Nc3ncn(-c4ccc(F)cc4)c32)ccc1O. The molecule has 0 radical (unpaired) electrons. The molecule has 2 N–H and O–H groups in total. The van der Waals surface area contributed by atoms with Crippen molar-refractivity contribution < 1.29 is 19.0 Å². The number of carbonyl (C=O) groups excluding carboxylic acids is 1. The van der Waals surface area contributed by atoms with Crippen LogP contribution in [0.3, 0.4) is 0 Å². The van der Waals surface area contributed by atoms with E-state index >= 15 is 0 Å². The molecule has 132 valence electrons. The molecule has 1 atom stereocenters. The summed E-state index contributed by atoms with van der Waals surface area (Å²) in [4.78, 5) is 16.4. The summed E-state index contributed by atoms with van der Waals surface area (Å²) in [5.41, 5.74) is 2.36. The van der Waals surface area contributed by atoms with Crippen LogP contribution in [-0.4, -0.2) is 27.7 Å². The maximum absolute atomic E-state index is 13.3. The van der Waals surface area contributed by atoms with E-state index in [0.717, 1.165) is 16.9 Å². The van der Waals surface area contributed by atoms with Gasteiger partial charge in [-0.1, -0.05) is 6.07 Å². The molecule has 0 bridgehead atoms. The van der Waals surface area contributed by atoms with E-state index in [1.54, 1.807) is 36.7 Å². The van der Waals surface area contributed by atoms with Crippen LogP contribution in [0.4, 0.5) is 10.2 Å². The summed E-state index contributed by atoms with van der Waals surface area (Å²) in [5.74, 6) is 0.102. The Labute approximate surface area is 148 Å². The lowest BCUT2D eigenvalue weighted by Gasteiger charge is -2.25. The smallest absolute Gasteiger partial charge is 0.226 e. The van der Waals surface area contributed by atoms with E-state index in [-0.39, 0.29) is 29.8 Å². The Kier molecular flexibility index (Phi) is 3.84. The first-order chi connectivity index (χ1) is 12.6. The highest BCUT2D eigenvalue weighted by Crippen LogP contribution is 2.40. The predicted molar refractivity (Wildman–Crippen MR) is 93.3 cm³/mol. The minimum absolute atomic E-state index is 0.0313. The van der Waals surface area contributed by atoms with E-state index in [1.807, 2.05) is 4.57 Å². The number of aromatic hydroxyl groups is 1. The van der Waals surface area contributed by atoms with Crippen molar-refractivity contribution in [2.24, 2.45) is 0 Å². The highest BCUT2D eigenvalue weighted by atomic mass is 19.1. The standard InChI is InChI=1S/C19H16FN3O3/c1-26-16-8-11(2-7-15(16)24)14-9-17(25)22-19-18(14)23(10-21-19)13-5-3-12(20)4-6-13/h2-8,10,14,24H,9H2,1H3,(H,22,25)/t14-/m0/s1.